The normalized spacial score (nSPS) is 15.4. The van der Waals surface area contributed by atoms with Gasteiger partial charge in [0.2, 0.25) is 0 Å². The third-order valence-electron chi connectivity index (χ3n) is 16.8. The number of nitrogens with zero attached hydrogens (tertiary/aromatic N) is 2. The van der Waals surface area contributed by atoms with Gasteiger partial charge in [0.1, 0.15) is 0 Å². The van der Waals surface area contributed by atoms with E-state index in [2.05, 4.69) is 253 Å². The molecule has 0 radical (unpaired) electrons. The van der Waals surface area contributed by atoms with Crippen LogP contribution in [0.4, 0.5) is 34.1 Å². The summed E-state index contributed by atoms with van der Waals surface area (Å²) in [6.07, 6.45) is 6.48. The zero-order valence-corrected chi connectivity index (χ0v) is 48.1. The van der Waals surface area contributed by atoms with Gasteiger partial charge in [0.15, 0.2) is 0 Å². The Morgan fingerprint density at radius 1 is 0.432 bits per heavy atom. The summed E-state index contributed by atoms with van der Waals surface area (Å²) in [5.41, 5.74) is 23.8. The molecular formula is C70H79BN2S. The maximum Gasteiger partial charge on any atom is 0.264 e. The van der Waals surface area contributed by atoms with E-state index in [0.717, 1.165) is 0 Å². The molecule has 3 aliphatic rings. The van der Waals surface area contributed by atoms with E-state index in [9.17, 15) is 0 Å². The van der Waals surface area contributed by atoms with Crippen LogP contribution < -0.4 is 25.5 Å². The number of rotatable bonds is 5. The van der Waals surface area contributed by atoms with E-state index in [1.807, 2.05) is 11.3 Å². The van der Waals surface area contributed by atoms with E-state index in [4.69, 9.17) is 0 Å². The van der Waals surface area contributed by atoms with Crippen molar-refractivity contribution in [2.45, 2.75) is 169 Å². The highest BCUT2D eigenvalue weighted by molar-refractivity contribution is 7.33. The minimum atomic E-state index is -0.0290. The highest BCUT2D eigenvalue weighted by Crippen LogP contribution is 2.52. The summed E-state index contributed by atoms with van der Waals surface area (Å²) in [6.45, 7) is 35.3. The largest absolute Gasteiger partial charge is 0.311 e. The Morgan fingerprint density at radius 3 is 1.57 bits per heavy atom. The van der Waals surface area contributed by atoms with Crippen molar-refractivity contribution in [1.29, 1.82) is 0 Å². The fourth-order valence-electron chi connectivity index (χ4n) is 12.2. The lowest BCUT2D eigenvalue weighted by molar-refractivity contribution is 0.444. The molecule has 74 heavy (non-hydrogen) atoms. The van der Waals surface area contributed by atoms with Crippen LogP contribution in [0.1, 0.15) is 175 Å². The van der Waals surface area contributed by atoms with Gasteiger partial charge in [-0.1, -0.05) is 214 Å². The Morgan fingerprint density at radius 2 is 0.973 bits per heavy atom. The first-order valence-electron chi connectivity index (χ1n) is 27.8. The summed E-state index contributed by atoms with van der Waals surface area (Å²) >= 11 is 2.02. The van der Waals surface area contributed by atoms with Crippen LogP contribution in [0.5, 0.6) is 0 Å². The highest BCUT2D eigenvalue weighted by atomic mass is 32.1. The molecule has 4 heteroatoms. The minimum absolute atomic E-state index is 0.0196. The van der Waals surface area contributed by atoms with E-state index in [0.29, 0.717) is 5.92 Å². The molecule has 1 aliphatic carbocycles. The topological polar surface area (TPSA) is 6.48 Å². The van der Waals surface area contributed by atoms with Gasteiger partial charge in [0, 0.05) is 43.2 Å². The SMILES string of the molecule is CC(C)(C)c1ccc(-c2ccc(N3c4cc(C(C)(C)C)ccc4B4c5sc6cc(C(C)(C)C)ccc6c5N(c5ccc(C6CCCCC6)cc5-c5cc(C(C)(C)C)cc(C(C)(C)C)c5)c5cccc3c54)cc2)cc1. The predicted molar refractivity (Wildman–Crippen MR) is 326 cm³/mol. The van der Waals surface area contributed by atoms with Crippen molar-refractivity contribution in [2.24, 2.45) is 0 Å². The van der Waals surface area contributed by atoms with Gasteiger partial charge in [-0.25, -0.2) is 0 Å². The second kappa shape index (κ2) is 17.9. The minimum Gasteiger partial charge on any atom is -0.311 e. The summed E-state index contributed by atoms with van der Waals surface area (Å²) in [7, 11) is 0. The van der Waals surface area contributed by atoms with Crippen molar-refractivity contribution in [2.75, 3.05) is 9.80 Å². The van der Waals surface area contributed by atoms with Crippen LogP contribution >= 0.6 is 11.3 Å². The molecule has 0 unspecified atom stereocenters. The summed E-state index contributed by atoms with van der Waals surface area (Å²) in [6, 6.07) is 55.7. The van der Waals surface area contributed by atoms with E-state index >= 15 is 0 Å². The number of anilines is 6. The average molecular weight is 991 g/mol. The molecule has 0 amide bonds. The molecular weight excluding hydrogens is 912 g/mol. The van der Waals surface area contributed by atoms with Crippen LogP contribution in [0.2, 0.25) is 0 Å². The number of hydrogen-bond donors (Lipinski definition) is 0. The molecule has 3 heterocycles. The molecule has 0 bridgehead atoms. The standard InChI is InChI=1S/C70H79BN2S/c1-66(2,3)49-29-24-45(25-30-49)46-26-33-54(34-27-46)72-59-22-19-23-60-63(59)71(57-36-32-50(42-61(57)72)67(4,5)6)65-64(55-35-31-51(68(7,8)9)43-62(55)74-65)73(60)58-37-28-47(44-20-17-16-18-21-44)40-56(58)48-38-52(69(10,11)12)41-53(39-48)70(13,14)15/h19,22-44H,16-18,20-21H2,1-15H3. The van der Waals surface area contributed by atoms with E-state index in [1.54, 1.807) is 0 Å². The molecule has 11 rings (SSSR count). The van der Waals surface area contributed by atoms with Crippen LogP contribution in [-0.2, 0) is 27.1 Å². The monoisotopic (exact) mass is 991 g/mol. The van der Waals surface area contributed by atoms with Gasteiger partial charge in [-0.05, 0) is 155 Å². The Kier molecular flexibility index (Phi) is 12.2. The maximum atomic E-state index is 2.72. The van der Waals surface area contributed by atoms with Crippen molar-refractivity contribution >= 4 is 78.0 Å². The van der Waals surface area contributed by atoms with Crippen molar-refractivity contribution in [3.63, 3.8) is 0 Å². The first-order valence-corrected chi connectivity index (χ1v) is 28.6. The number of fused-ring (bicyclic) bond motifs is 6. The summed E-state index contributed by atoms with van der Waals surface area (Å²) in [5, 5.41) is 1.33. The predicted octanol–water partition coefficient (Wildman–Crippen LogP) is 18.9. The van der Waals surface area contributed by atoms with Crippen molar-refractivity contribution in [3.8, 4) is 22.3 Å². The van der Waals surface area contributed by atoms with Crippen LogP contribution in [0.15, 0.2) is 140 Å². The molecule has 378 valence electrons. The molecule has 0 N–H and O–H groups in total. The lowest BCUT2D eigenvalue weighted by Gasteiger charge is -2.44. The van der Waals surface area contributed by atoms with E-state index < -0.39 is 0 Å². The van der Waals surface area contributed by atoms with Gasteiger partial charge in [-0.2, -0.15) is 0 Å². The second-order valence-corrected chi connectivity index (χ2v) is 28.5. The van der Waals surface area contributed by atoms with Gasteiger partial charge >= 0.3 is 0 Å². The molecule has 1 fully saturated rings. The second-order valence-electron chi connectivity index (χ2n) is 27.4. The third kappa shape index (κ3) is 8.95. The molecule has 1 aromatic heterocycles. The quantitative estimate of drug-likeness (QED) is 0.159. The number of hydrogen-bond acceptors (Lipinski definition) is 3. The lowest BCUT2D eigenvalue weighted by Crippen LogP contribution is -2.60. The molecule has 0 atom stereocenters. The first-order chi connectivity index (χ1) is 34.8. The van der Waals surface area contributed by atoms with E-state index in [1.165, 1.54) is 148 Å². The lowest BCUT2D eigenvalue weighted by atomic mass is 9.36. The summed E-state index contributed by atoms with van der Waals surface area (Å²) in [4.78, 5) is 5.31. The molecule has 8 aromatic rings. The Balaban J connectivity index is 1.19. The molecule has 2 nitrogen and oxygen atoms in total. The van der Waals surface area contributed by atoms with Gasteiger partial charge in [-0.3, -0.25) is 0 Å². The van der Waals surface area contributed by atoms with Crippen LogP contribution in [0.3, 0.4) is 0 Å². The maximum absolute atomic E-state index is 2.72. The van der Waals surface area contributed by atoms with Crippen LogP contribution in [-0.4, -0.2) is 6.71 Å². The average Bonchev–Trinajstić information content (AvgIpc) is 3.77. The summed E-state index contributed by atoms with van der Waals surface area (Å²) in [5.74, 6) is 0.574. The Bertz CT molecular complexity index is 3410. The fourth-order valence-corrected chi connectivity index (χ4v) is 13.5. The smallest absolute Gasteiger partial charge is 0.264 e. The van der Waals surface area contributed by atoms with Gasteiger partial charge in [0.25, 0.3) is 6.71 Å². The van der Waals surface area contributed by atoms with E-state index in [-0.39, 0.29) is 33.8 Å². The van der Waals surface area contributed by atoms with Crippen molar-refractivity contribution in [1.82, 2.24) is 0 Å². The Labute approximate surface area is 449 Å². The Hall–Kier alpha value is -5.84. The van der Waals surface area contributed by atoms with Gasteiger partial charge in [-0.15, -0.1) is 11.3 Å². The molecule has 0 saturated heterocycles. The van der Waals surface area contributed by atoms with Crippen molar-refractivity contribution in [3.05, 3.63) is 173 Å². The van der Waals surface area contributed by atoms with Crippen LogP contribution in [0.25, 0.3) is 32.3 Å². The molecule has 1 saturated carbocycles. The van der Waals surface area contributed by atoms with Crippen LogP contribution in [0, 0.1) is 0 Å². The van der Waals surface area contributed by atoms with Gasteiger partial charge in [0.05, 0.1) is 11.4 Å². The molecule has 7 aromatic carbocycles. The summed E-state index contributed by atoms with van der Waals surface area (Å²) < 4.78 is 2.78. The number of thiophene rings is 1. The number of benzene rings is 7. The highest BCUT2D eigenvalue weighted by Gasteiger charge is 2.46. The fraction of sp³-hybridized carbons (Fsp3) is 0.371. The zero-order valence-electron chi connectivity index (χ0n) is 47.3. The molecule has 2 aliphatic heterocycles. The third-order valence-corrected chi connectivity index (χ3v) is 18.1. The molecule has 0 spiro atoms. The zero-order chi connectivity index (χ0) is 52.4. The van der Waals surface area contributed by atoms with Crippen molar-refractivity contribution < 1.29 is 0 Å². The first kappa shape index (κ1) is 50.3. The van der Waals surface area contributed by atoms with Gasteiger partial charge < -0.3 is 9.80 Å².